The van der Waals surface area contributed by atoms with Crippen LogP contribution in [0.3, 0.4) is 0 Å². The molecule has 0 aromatic heterocycles. The molecule has 2 fully saturated rings. The first-order valence-corrected chi connectivity index (χ1v) is 12.5. The average Bonchev–Trinajstić information content (AvgIpc) is 2.83. The van der Waals surface area contributed by atoms with E-state index in [9.17, 15) is 22.0 Å². The van der Waals surface area contributed by atoms with Gasteiger partial charge in [0.2, 0.25) is 0 Å². The molecule has 0 heterocycles. The summed E-state index contributed by atoms with van der Waals surface area (Å²) in [6.07, 6.45) is 3.04. The van der Waals surface area contributed by atoms with Gasteiger partial charge in [0, 0.05) is 0 Å². The van der Waals surface area contributed by atoms with E-state index in [-0.39, 0.29) is 0 Å². The van der Waals surface area contributed by atoms with Crippen molar-refractivity contribution in [3.8, 4) is 16.9 Å². The molecule has 6 heteroatoms. The molecule has 2 saturated carbocycles. The summed E-state index contributed by atoms with van der Waals surface area (Å²) in [7, 11) is 0. The highest BCUT2D eigenvalue weighted by Gasteiger charge is 2.44. The lowest BCUT2D eigenvalue weighted by atomic mass is 9.63. The van der Waals surface area contributed by atoms with Gasteiger partial charge in [0.15, 0.2) is 11.6 Å². The lowest BCUT2D eigenvalue weighted by Crippen LogP contribution is -2.33. The third kappa shape index (κ3) is 5.75. The molecule has 186 valence electrons. The Bertz CT molecular complexity index is 942. The number of alkyl halides is 4. The molecule has 1 unspecified atom stereocenters. The summed E-state index contributed by atoms with van der Waals surface area (Å²) < 4.78 is 69.0. The van der Waals surface area contributed by atoms with Gasteiger partial charge in [-0.25, -0.2) is 4.39 Å². The SMILES string of the molecule is CCCCC1CC[C@@H]2C[C@H](c3ccc(-c4ccc(OC(F)(F)C(F)F)c(F)c4)cc3)CC[C@@H]2C1. The van der Waals surface area contributed by atoms with Crippen LogP contribution >= 0.6 is 0 Å². The van der Waals surface area contributed by atoms with E-state index in [1.54, 1.807) is 0 Å². The van der Waals surface area contributed by atoms with E-state index < -0.39 is 24.1 Å². The Balaban J connectivity index is 1.38. The van der Waals surface area contributed by atoms with Gasteiger partial charge in [-0.05, 0) is 84.6 Å². The molecule has 0 radical (unpaired) electrons. The van der Waals surface area contributed by atoms with Crippen LogP contribution in [0.5, 0.6) is 5.75 Å². The molecule has 2 aromatic carbocycles. The molecule has 0 aliphatic heterocycles. The van der Waals surface area contributed by atoms with Crippen molar-refractivity contribution in [2.75, 3.05) is 0 Å². The summed E-state index contributed by atoms with van der Waals surface area (Å²) in [5.41, 5.74) is 2.50. The predicted octanol–water partition coefficient (Wildman–Crippen LogP) is 9.22. The van der Waals surface area contributed by atoms with E-state index in [1.807, 2.05) is 12.1 Å². The zero-order chi connectivity index (χ0) is 24.3. The van der Waals surface area contributed by atoms with Crippen LogP contribution in [-0.2, 0) is 0 Å². The molecule has 0 saturated heterocycles. The standard InChI is InChI=1S/C28H33F5O/c1-2-3-4-18-5-6-23-16-22(12-11-21(23)15-18)19-7-9-20(10-8-19)24-13-14-26(25(29)17-24)34-28(32,33)27(30)31/h7-10,13-14,17-18,21-23,27H,2-6,11-12,15-16H2,1H3/t18?,21-,22-,23-/m1/s1. The van der Waals surface area contributed by atoms with Crippen molar-refractivity contribution in [1.29, 1.82) is 0 Å². The lowest BCUT2D eigenvalue weighted by Gasteiger charge is -2.42. The maximum absolute atomic E-state index is 14.3. The number of hydrogen-bond donors (Lipinski definition) is 0. The Hall–Kier alpha value is -2.11. The van der Waals surface area contributed by atoms with E-state index in [4.69, 9.17) is 0 Å². The molecular formula is C28H33F5O. The molecule has 0 N–H and O–H groups in total. The fraction of sp³-hybridized carbons (Fsp3) is 0.571. The van der Waals surface area contributed by atoms with Gasteiger partial charge in [-0.15, -0.1) is 0 Å². The van der Waals surface area contributed by atoms with Crippen molar-refractivity contribution in [1.82, 2.24) is 0 Å². The van der Waals surface area contributed by atoms with E-state index >= 15 is 0 Å². The molecule has 2 aromatic rings. The van der Waals surface area contributed by atoms with Crippen molar-refractivity contribution in [3.63, 3.8) is 0 Å². The first kappa shape index (κ1) is 25.0. The summed E-state index contributed by atoms with van der Waals surface area (Å²) in [5, 5.41) is 0. The number of halogens is 5. The van der Waals surface area contributed by atoms with Crippen molar-refractivity contribution >= 4 is 0 Å². The minimum absolute atomic E-state index is 0.478. The van der Waals surface area contributed by atoms with Gasteiger partial charge in [-0.2, -0.15) is 17.6 Å². The van der Waals surface area contributed by atoms with Gasteiger partial charge in [0.05, 0.1) is 0 Å². The summed E-state index contributed by atoms with van der Waals surface area (Å²) >= 11 is 0. The largest absolute Gasteiger partial charge is 0.461 e. The molecule has 4 atom stereocenters. The second kappa shape index (κ2) is 10.7. The quantitative estimate of drug-likeness (QED) is 0.342. The third-order valence-corrected chi connectivity index (χ3v) is 7.83. The number of hydrogen-bond acceptors (Lipinski definition) is 1. The summed E-state index contributed by atoms with van der Waals surface area (Å²) in [6, 6.07) is 11.4. The molecule has 2 aliphatic carbocycles. The van der Waals surface area contributed by atoms with Crippen LogP contribution in [0.15, 0.2) is 42.5 Å². The molecule has 0 amide bonds. The second-order valence-corrected chi connectivity index (χ2v) is 10.1. The van der Waals surface area contributed by atoms with Crippen LogP contribution in [0.25, 0.3) is 11.1 Å². The van der Waals surface area contributed by atoms with Gasteiger partial charge < -0.3 is 4.74 Å². The van der Waals surface area contributed by atoms with Crippen LogP contribution < -0.4 is 4.74 Å². The van der Waals surface area contributed by atoms with E-state index in [0.717, 1.165) is 35.4 Å². The number of rotatable bonds is 8. The molecule has 34 heavy (non-hydrogen) atoms. The smallest absolute Gasteiger partial charge is 0.425 e. The molecule has 2 aliphatic rings. The predicted molar refractivity (Wildman–Crippen MR) is 124 cm³/mol. The number of ether oxygens (including phenoxy) is 1. The maximum Gasteiger partial charge on any atom is 0.461 e. The Kier molecular flexibility index (Phi) is 7.83. The van der Waals surface area contributed by atoms with Crippen LogP contribution in [-0.4, -0.2) is 12.5 Å². The van der Waals surface area contributed by atoms with Gasteiger partial charge in [-0.3, -0.25) is 0 Å². The van der Waals surface area contributed by atoms with Crippen molar-refractivity contribution in [2.45, 2.75) is 83.2 Å². The van der Waals surface area contributed by atoms with Crippen LogP contribution in [0.4, 0.5) is 22.0 Å². The molecule has 1 nitrogen and oxygen atoms in total. The van der Waals surface area contributed by atoms with Gasteiger partial charge in [0.25, 0.3) is 0 Å². The summed E-state index contributed by atoms with van der Waals surface area (Å²) in [5.74, 6) is 1.13. The highest BCUT2D eigenvalue weighted by Crippen LogP contribution is 2.48. The van der Waals surface area contributed by atoms with Crippen LogP contribution in [0.1, 0.15) is 76.2 Å². The average molecular weight is 481 g/mol. The fourth-order valence-corrected chi connectivity index (χ4v) is 5.95. The molecule has 0 spiro atoms. The van der Waals surface area contributed by atoms with Gasteiger partial charge in [-0.1, -0.05) is 62.9 Å². The Morgan fingerprint density at radius 3 is 2.26 bits per heavy atom. The molecular weight excluding hydrogens is 447 g/mol. The summed E-state index contributed by atoms with van der Waals surface area (Å²) in [4.78, 5) is 0. The molecule has 4 rings (SSSR count). The minimum Gasteiger partial charge on any atom is -0.425 e. The van der Waals surface area contributed by atoms with E-state index in [1.165, 1.54) is 69.4 Å². The highest BCUT2D eigenvalue weighted by atomic mass is 19.3. The zero-order valence-electron chi connectivity index (χ0n) is 19.6. The third-order valence-electron chi connectivity index (χ3n) is 7.83. The fourth-order valence-electron chi connectivity index (χ4n) is 5.95. The zero-order valence-corrected chi connectivity index (χ0v) is 19.6. The number of unbranched alkanes of at least 4 members (excludes halogenated alkanes) is 1. The number of benzene rings is 2. The lowest BCUT2D eigenvalue weighted by molar-refractivity contribution is -0.254. The van der Waals surface area contributed by atoms with Gasteiger partial charge >= 0.3 is 12.5 Å². The maximum atomic E-state index is 14.3. The van der Waals surface area contributed by atoms with E-state index in [0.29, 0.717) is 11.5 Å². The first-order chi connectivity index (χ1) is 16.3. The van der Waals surface area contributed by atoms with Crippen molar-refractivity contribution in [2.24, 2.45) is 17.8 Å². The Labute approximate surface area is 198 Å². The van der Waals surface area contributed by atoms with Crippen molar-refractivity contribution < 1.29 is 26.7 Å². The van der Waals surface area contributed by atoms with Crippen molar-refractivity contribution in [3.05, 3.63) is 53.8 Å². The molecule has 0 bridgehead atoms. The summed E-state index contributed by atoms with van der Waals surface area (Å²) in [6.45, 7) is 2.26. The van der Waals surface area contributed by atoms with Crippen LogP contribution in [0.2, 0.25) is 0 Å². The minimum atomic E-state index is -4.74. The Morgan fingerprint density at radius 1 is 0.912 bits per heavy atom. The second-order valence-electron chi connectivity index (χ2n) is 10.1. The van der Waals surface area contributed by atoms with E-state index in [2.05, 4.69) is 23.8 Å². The first-order valence-electron chi connectivity index (χ1n) is 12.5. The monoisotopic (exact) mass is 480 g/mol. The highest BCUT2D eigenvalue weighted by molar-refractivity contribution is 5.64. The topological polar surface area (TPSA) is 9.23 Å². The number of fused-ring (bicyclic) bond motifs is 1. The van der Waals surface area contributed by atoms with Gasteiger partial charge in [0.1, 0.15) is 0 Å². The Morgan fingerprint density at radius 2 is 1.59 bits per heavy atom. The normalized spacial score (nSPS) is 25.3. The van der Waals surface area contributed by atoms with Crippen LogP contribution in [0, 0.1) is 23.6 Å².